The first-order chi connectivity index (χ1) is 16.8. The van der Waals surface area contributed by atoms with Crippen LogP contribution < -0.4 is 14.3 Å². The van der Waals surface area contributed by atoms with Crippen LogP contribution >= 0.6 is 23.4 Å². The molecule has 0 bridgehead atoms. The summed E-state index contributed by atoms with van der Waals surface area (Å²) in [7, 11) is -2.71. The molecule has 0 saturated heterocycles. The van der Waals surface area contributed by atoms with Crippen LogP contribution in [0.2, 0.25) is 5.02 Å². The molecule has 4 aromatic rings. The Kier molecular flexibility index (Phi) is 7.59. The first-order valence-electron chi connectivity index (χ1n) is 10.0. The number of oxazole rings is 1. The van der Waals surface area contributed by atoms with Crippen molar-refractivity contribution in [3.05, 3.63) is 77.3 Å². The summed E-state index contributed by atoms with van der Waals surface area (Å²) in [4.78, 5) is 16.3. The fourth-order valence-corrected chi connectivity index (χ4v) is 4.55. The van der Waals surface area contributed by atoms with Crippen LogP contribution in [0.4, 0.5) is 0 Å². The Morgan fingerprint density at radius 3 is 2.66 bits per heavy atom. The lowest BCUT2D eigenvalue weighted by atomic mass is 10.2. The molecule has 0 fully saturated rings. The van der Waals surface area contributed by atoms with Crippen molar-refractivity contribution in [1.29, 1.82) is 0 Å². The standard InChI is InChI=1S/C23H18ClN3O6S2/c1-31-21-12-15(6-11-20(21)33-35(29,30)17-9-7-16(24)8-10-17)13-25-27-22(28)14-34-23-26-18-4-2-3-5-19(18)32-23/h2-13H,14H2,1H3,(H,27,28)/b25-13-. The first-order valence-corrected chi connectivity index (χ1v) is 12.8. The number of carbonyl (C=O) groups excluding carboxylic acids is 1. The number of nitrogens with one attached hydrogen (secondary N) is 1. The SMILES string of the molecule is COc1cc(/C=N\NC(=O)CSc2nc3ccccc3o2)ccc1OS(=O)(=O)c1ccc(Cl)cc1. The Morgan fingerprint density at radius 1 is 1.14 bits per heavy atom. The van der Waals surface area contributed by atoms with Gasteiger partial charge < -0.3 is 13.3 Å². The van der Waals surface area contributed by atoms with Crippen molar-refractivity contribution < 1.29 is 26.5 Å². The Hall–Kier alpha value is -3.54. The van der Waals surface area contributed by atoms with Gasteiger partial charge in [0, 0.05) is 5.02 Å². The van der Waals surface area contributed by atoms with Gasteiger partial charge in [0.25, 0.3) is 11.1 Å². The van der Waals surface area contributed by atoms with Gasteiger partial charge in [-0.1, -0.05) is 35.5 Å². The van der Waals surface area contributed by atoms with Gasteiger partial charge in [-0.3, -0.25) is 4.79 Å². The summed E-state index contributed by atoms with van der Waals surface area (Å²) in [6, 6.07) is 17.4. The van der Waals surface area contributed by atoms with E-state index in [0.717, 1.165) is 17.3 Å². The summed E-state index contributed by atoms with van der Waals surface area (Å²) in [5.74, 6) is -0.125. The van der Waals surface area contributed by atoms with Crippen molar-refractivity contribution in [3.8, 4) is 11.5 Å². The van der Waals surface area contributed by atoms with Crippen molar-refractivity contribution >= 4 is 56.7 Å². The molecule has 0 radical (unpaired) electrons. The number of hydrogen-bond acceptors (Lipinski definition) is 9. The zero-order valence-corrected chi connectivity index (χ0v) is 20.6. The number of halogens is 1. The summed E-state index contributed by atoms with van der Waals surface area (Å²) in [6.45, 7) is 0. The quantitative estimate of drug-likeness (QED) is 0.145. The van der Waals surface area contributed by atoms with Crippen LogP contribution in [0, 0.1) is 0 Å². The molecule has 180 valence electrons. The van der Waals surface area contributed by atoms with Gasteiger partial charge in [0.05, 0.1) is 19.1 Å². The lowest BCUT2D eigenvalue weighted by molar-refractivity contribution is -0.118. The number of thioether (sulfide) groups is 1. The number of nitrogens with zero attached hydrogens (tertiary/aromatic N) is 2. The van der Waals surface area contributed by atoms with Crippen molar-refractivity contribution in [2.24, 2.45) is 5.10 Å². The zero-order valence-electron chi connectivity index (χ0n) is 18.2. The van der Waals surface area contributed by atoms with Crippen molar-refractivity contribution in [2.45, 2.75) is 10.1 Å². The lowest BCUT2D eigenvalue weighted by Gasteiger charge is -2.11. The second-order valence-corrected chi connectivity index (χ2v) is 9.84. The summed E-state index contributed by atoms with van der Waals surface area (Å²) in [5, 5.41) is 4.71. The predicted octanol–water partition coefficient (Wildman–Crippen LogP) is 4.50. The van der Waals surface area contributed by atoms with E-state index in [1.165, 1.54) is 49.7 Å². The Balaban J connectivity index is 1.35. The van der Waals surface area contributed by atoms with Gasteiger partial charge in [0.2, 0.25) is 0 Å². The van der Waals surface area contributed by atoms with E-state index < -0.39 is 10.1 Å². The maximum absolute atomic E-state index is 12.5. The fourth-order valence-electron chi connectivity index (χ4n) is 2.85. The highest BCUT2D eigenvalue weighted by Crippen LogP contribution is 2.30. The molecule has 0 aliphatic rings. The minimum atomic E-state index is -4.09. The normalized spacial score (nSPS) is 11.6. The minimum absolute atomic E-state index is 0.00151. The van der Waals surface area contributed by atoms with Crippen LogP contribution in [0.1, 0.15) is 5.56 Å². The average molecular weight is 532 g/mol. The van der Waals surface area contributed by atoms with E-state index in [1.807, 2.05) is 18.2 Å². The van der Waals surface area contributed by atoms with E-state index in [1.54, 1.807) is 12.1 Å². The van der Waals surface area contributed by atoms with Crippen molar-refractivity contribution in [1.82, 2.24) is 10.4 Å². The number of fused-ring (bicyclic) bond motifs is 1. The van der Waals surface area contributed by atoms with Gasteiger partial charge in [0.15, 0.2) is 17.1 Å². The monoisotopic (exact) mass is 531 g/mol. The van der Waals surface area contributed by atoms with Gasteiger partial charge in [-0.15, -0.1) is 0 Å². The maximum atomic E-state index is 12.5. The van der Waals surface area contributed by atoms with Crippen LogP contribution in [0.5, 0.6) is 11.5 Å². The lowest BCUT2D eigenvalue weighted by Crippen LogP contribution is -2.19. The second-order valence-electron chi connectivity index (χ2n) is 6.93. The highest BCUT2D eigenvalue weighted by atomic mass is 35.5. The van der Waals surface area contributed by atoms with Gasteiger partial charge in [-0.05, 0) is 60.2 Å². The topological polar surface area (TPSA) is 120 Å². The largest absolute Gasteiger partial charge is 0.493 e. The second kappa shape index (κ2) is 10.8. The smallest absolute Gasteiger partial charge is 0.339 e. The van der Waals surface area contributed by atoms with Crippen LogP contribution in [-0.2, 0) is 14.9 Å². The van der Waals surface area contributed by atoms with E-state index in [0.29, 0.717) is 21.4 Å². The molecular weight excluding hydrogens is 514 g/mol. The number of benzene rings is 3. The molecule has 4 rings (SSSR count). The zero-order chi connectivity index (χ0) is 24.8. The molecule has 0 unspecified atom stereocenters. The third kappa shape index (κ3) is 6.32. The van der Waals surface area contributed by atoms with Crippen LogP contribution in [0.3, 0.4) is 0 Å². The molecule has 0 atom stereocenters. The van der Waals surface area contributed by atoms with Gasteiger partial charge in [-0.2, -0.15) is 13.5 Å². The molecule has 0 saturated carbocycles. The molecule has 0 spiro atoms. The number of amides is 1. The number of methoxy groups -OCH3 is 1. The highest BCUT2D eigenvalue weighted by molar-refractivity contribution is 7.99. The molecule has 0 aliphatic carbocycles. The fraction of sp³-hybridized carbons (Fsp3) is 0.0870. The van der Waals surface area contributed by atoms with Gasteiger partial charge in [0.1, 0.15) is 10.4 Å². The molecule has 3 aromatic carbocycles. The number of ether oxygens (including phenoxy) is 1. The first kappa shape index (κ1) is 24.6. The molecule has 1 aromatic heterocycles. The Morgan fingerprint density at radius 2 is 1.91 bits per heavy atom. The molecular formula is C23H18ClN3O6S2. The molecule has 35 heavy (non-hydrogen) atoms. The number of para-hydroxylation sites is 2. The van der Waals surface area contributed by atoms with Gasteiger partial charge in [-0.25, -0.2) is 10.4 Å². The Bertz CT molecular complexity index is 1450. The van der Waals surface area contributed by atoms with E-state index >= 15 is 0 Å². The van der Waals surface area contributed by atoms with Gasteiger partial charge >= 0.3 is 10.1 Å². The molecule has 1 amide bonds. The number of carbonyl (C=O) groups is 1. The summed E-state index contributed by atoms with van der Waals surface area (Å²) < 4.78 is 41.1. The van der Waals surface area contributed by atoms with E-state index in [9.17, 15) is 13.2 Å². The van der Waals surface area contributed by atoms with Crippen molar-refractivity contribution in [3.63, 3.8) is 0 Å². The average Bonchev–Trinajstić information content (AvgIpc) is 3.27. The van der Waals surface area contributed by atoms with Crippen molar-refractivity contribution in [2.75, 3.05) is 12.9 Å². The Labute approximate surface area is 210 Å². The summed E-state index contributed by atoms with van der Waals surface area (Å²) in [6.07, 6.45) is 1.39. The number of hydrogen-bond donors (Lipinski definition) is 1. The molecule has 0 aliphatic heterocycles. The van der Waals surface area contributed by atoms with E-state index in [4.69, 9.17) is 24.9 Å². The molecule has 12 heteroatoms. The third-order valence-corrected chi connectivity index (χ3v) is 6.82. The summed E-state index contributed by atoms with van der Waals surface area (Å²) in [5.41, 5.74) is 4.33. The van der Waals surface area contributed by atoms with Crippen LogP contribution in [0.15, 0.2) is 86.4 Å². The van der Waals surface area contributed by atoms with Crippen LogP contribution in [-0.4, -0.2) is 38.4 Å². The molecule has 1 heterocycles. The summed E-state index contributed by atoms with van der Waals surface area (Å²) >= 11 is 6.95. The van der Waals surface area contributed by atoms with E-state index in [-0.39, 0.29) is 28.1 Å². The number of aromatic nitrogens is 1. The van der Waals surface area contributed by atoms with E-state index in [2.05, 4.69) is 15.5 Å². The number of rotatable bonds is 9. The third-order valence-electron chi connectivity index (χ3n) is 4.49. The minimum Gasteiger partial charge on any atom is -0.493 e. The molecule has 1 N–H and O–H groups in total. The predicted molar refractivity (Wildman–Crippen MR) is 133 cm³/mol. The highest BCUT2D eigenvalue weighted by Gasteiger charge is 2.19. The van der Waals surface area contributed by atoms with Crippen LogP contribution in [0.25, 0.3) is 11.1 Å². The molecule has 9 nitrogen and oxygen atoms in total. The maximum Gasteiger partial charge on any atom is 0.339 e. The number of hydrazone groups is 1.